The SMILES string of the molecule is CC(=O)NC1=NC(=O)/C(=C\c2ccccc2OCc2cccc3ccccc23)S1. The molecule has 0 fully saturated rings. The smallest absolute Gasteiger partial charge is 0.286 e. The summed E-state index contributed by atoms with van der Waals surface area (Å²) in [5.74, 6) is 0.0426. The second-order valence-corrected chi connectivity index (χ2v) is 7.51. The van der Waals surface area contributed by atoms with Crippen LogP contribution in [0.4, 0.5) is 0 Å². The maximum Gasteiger partial charge on any atom is 0.286 e. The number of nitrogens with zero attached hydrogens (tertiary/aromatic N) is 1. The van der Waals surface area contributed by atoms with Crippen molar-refractivity contribution in [3.05, 3.63) is 82.8 Å². The highest BCUT2D eigenvalue weighted by atomic mass is 32.2. The zero-order chi connectivity index (χ0) is 20.2. The van der Waals surface area contributed by atoms with E-state index in [0.717, 1.165) is 28.3 Å². The Morgan fingerprint density at radius 2 is 1.83 bits per heavy atom. The van der Waals surface area contributed by atoms with E-state index in [1.165, 1.54) is 12.3 Å². The van der Waals surface area contributed by atoms with Crippen LogP contribution in [-0.2, 0) is 16.2 Å². The number of rotatable bonds is 4. The van der Waals surface area contributed by atoms with Crippen LogP contribution in [0.2, 0.25) is 0 Å². The number of thioether (sulfide) groups is 1. The number of hydrogen-bond acceptors (Lipinski definition) is 4. The molecule has 0 radical (unpaired) electrons. The molecule has 0 spiro atoms. The Bertz CT molecular complexity index is 1160. The second-order valence-electron chi connectivity index (χ2n) is 6.48. The number of para-hydroxylation sites is 1. The lowest BCUT2D eigenvalue weighted by atomic mass is 10.1. The van der Waals surface area contributed by atoms with Gasteiger partial charge in [0.05, 0.1) is 4.91 Å². The molecule has 0 atom stereocenters. The molecule has 1 aliphatic rings. The number of hydrogen-bond donors (Lipinski definition) is 1. The summed E-state index contributed by atoms with van der Waals surface area (Å²) in [6.45, 7) is 1.79. The van der Waals surface area contributed by atoms with E-state index < -0.39 is 0 Å². The molecular weight excluding hydrogens is 384 g/mol. The zero-order valence-electron chi connectivity index (χ0n) is 15.7. The van der Waals surface area contributed by atoms with Gasteiger partial charge in [0.1, 0.15) is 12.4 Å². The van der Waals surface area contributed by atoms with Crippen molar-refractivity contribution >= 4 is 45.6 Å². The third-order valence-electron chi connectivity index (χ3n) is 4.37. The summed E-state index contributed by atoms with van der Waals surface area (Å²) in [5, 5.41) is 5.16. The Morgan fingerprint density at radius 3 is 2.69 bits per heavy atom. The van der Waals surface area contributed by atoms with Gasteiger partial charge in [0.2, 0.25) is 5.91 Å². The molecule has 0 aliphatic carbocycles. The van der Waals surface area contributed by atoms with E-state index >= 15 is 0 Å². The van der Waals surface area contributed by atoms with E-state index in [0.29, 0.717) is 22.4 Å². The highest BCUT2D eigenvalue weighted by Crippen LogP contribution is 2.31. The fraction of sp³-hybridized carbons (Fsp3) is 0.0870. The van der Waals surface area contributed by atoms with Crippen molar-refractivity contribution in [2.24, 2.45) is 4.99 Å². The van der Waals surface area contributed by atoms with E-state index in [-0.39, 0.29) is 11.8 Å². The third kappa shape index (κ3) is 4.38. The predicted octanol–water partition coefficient (Wildman–Crippen LogP) is 4.53. The quantitative estimate of drug-likeness (QED) is 0.652. The van der Waals surface area contributed by atoms with Crippen LogP contribution in [0, 0.1) is 0 Å². The number of amides is 2. The Morgan fingerprint density at radius 1 is 1.07 bits per heavy atom. The first-order valence-corrected chi connectivity index (χ1v) is 9.90. The molecule has 5 nitrogen and oxygen atoms in total. The maximum atomic E-state index is 12.1. The average molecular weight is 402 g/mol. The minimum absolute atomic E-state index is 0.260. The molecule has 1 N–H and O–H groups in total. The molecule has 0 saturated carbocycles. The predicted molar refractivity (Wildman–Crippen MR) is 117 cm³/mol. The monoisotopic (exact) mass is 402 g/mol. The molecule has 6 heteroatoms. The van der Waals surface area contributed by atoms with E-state index in [4.69, 9.17) is 4.74 Å². The minimum Gasteiger partial charge on any atom is -0.488 e. The van der Waals surface area contributed by atoms with Crippen LogP contribution < -0.4 is 10.1 Å². The lowest BCUT2D eigenvalue weighted by molar-refractivity contribution is -0.117. The van der Waals surface area contributed by atoms with E-state index in [1.807, 2.05) is 48.5 Å². The van der Waals surface area contributed by atoms with Crippen LogP contribution in [0.5, 0.6) is 5.75 Å². The van der Waals surface area contributed by atoms with E-state index in [2.05, 4.69) is 28.5 Å². The first-order chi connectivity index (χ1) is 14.1. The van der Waals surface area contributed by atoms with Crippen LogP contribution in [-0.4, -0.2) is 17.0 Å². The molecule has 29 heavy (non-hydrogen) atoms. The highest BCUT2D eigenvalue weighted by molar-refractivity contribution is 8.18. The Balaban J connectivity index is 1.55. The molecule has 1 aliphatic heterocycles. The largest absolute Gasteiger partial charge is 0.488 e. The van der Waals surface area contributed by atoms with Gasteiger partial charge in [0, 0.05) is 12.5 Å². The maximum absolute atomic E-state index is 12.1. The molecule has 0 bridgehead atoms. The van der Waals surface area contributed by atoms with Gasteiger partial charge in [-0.15, -0.1) is 0 Å². The standard InChI is InChI=1S/C23H18N2O3S/c1-15(26)24-23-25-22(27)21(29-23)13-17-8-3-5-12-20(17)28-14-18-10-6-9-16-7-2-4-11-19(16)18/h2-13H,14H2,1H3,(H,24,25,26,27)/b21-13+. The molecule has 0 unspecified atom stereocenters. The number of amidine groups is 1. The van der Waals surface area contributed by atoms with Crippen molar-refractivity contribution in [3.63, 3.8) is 0 Å². The summed E-state index contributed by atoms with van der Waals surface area (Å²) in [7, 11) is 0. The van der Waals surface area contributed by atoms with Crippen LogP contribution >= 0.6 is 11.8 Å². The highest BCUT2D eigenvalue weighted by Gasteiger charge is 2.23. The van der Waals surface area contributed by atoms with E-state index in [9.17, 15) is 9.59 Å². The van der Waals surface area contributed by atoms with Crippen molar-refractivity contribution in [1.82, 2.24) is 5.32 Å². The van der Waals surface area contributed by atoms with Crippen LogP contribution in [0.3, 0.4) is 0 Å². The lowest BCUT2D eigenvalue weighted by Crippen LogP contribution is -2.23. The minimum atomic E-state index is -0.373. The molecule has 144 valence electrons. The number of fused-ring (bicyclic) bond motifs is 1. The summed E-state index contributed by atoms with van der Waals surface area (Å²) in [4.78, 5) is 27.6. The lowest BCUT2D eigenvalue weighted by Gasteiger charge is -2.11. The molecule has 4 rings (SSSR count). The van der Waals surface area contributed by atoms with Gasteiger partial charge < -0.3 is 10.1 Å². The second kappa shape index (κ2) is 8.32. The van der Waals surface area contributed by atoms with E-state index in [1.54, 1.807) is 6.08 Å². The van der Waals surface area contributed by atoms with Gasteiger partial charge in [-0.2, -0.15) is 4.99 Å². The molecule has 0 saturated heterocycles. The fourth-order valence-corrected chi connectivity index (χ4v) is 3.91. The fourth-order valence-electron chi connectivity index (χ4n) is 3.06. The first kappa shape index (κ1) is 19.0. The normalized spacial score (nSPS) is 14.9. The first-order valence-electron chi connectivity index (χ1n) is 9.09. The number of aliphatic imine (C=N–C) groups is 1. The van der Waals surface area contributed by atoms with Gasteiger partial charge in [-0.05, 0) is 40.2 Å². The van der Waals surface area contributed by atoms with Gasteiger partial charge >= 0.3 is 0 Å². The summed E-state index contributed by atoms with van der Waals surface area (Å²) < 4.78 is 6.10. The van der Waals surface area contributed by atoms with Gasteiger partial charge in [-0.25, -0.2) is 0 Å². The molecular formula is C23H18N2O3S. The van der Waals surface area contributed by atoms with Crippen molar-refractivity contribution in [2.45, 2.75) is 13.5 Å². The molecule has 3 aromatic carbocycles. The molecule has 2 amide bonds. The topological polar surface area (TPSA) is 67.8 Å². The van der Waals surface area contributed by atoms with Gasteiger partial charge in [-0.3, -0.25) is 9.59 Å². The summed E-state index contributed by atoms with van der Waals surface area (Å²) >= 11 is 1.14. The van der Waals surface area contributed by atoms with Crippen molar-refractivity contribution in [3.8, 4) is 5.75 Å². The summed E-state index contributed by atoms with van der Waals surface area (Å²) in [6, 6.07) is 21.9. The van der Waals surface area contributed by atoms with Crippen molar-refractivity contribution in [2.75, 3.05) is 0 Å². The molecule has 3 aromatic rings. The Hall–Kier alpha value is -3.38. The summed E-state index contributed by atoms with van der Waals surface area (Å²) in [6.07, 6.45) is 1.74. The van der Waals surface area contributed by atoms with Crippen molar-refractivity contribution < 1.29 is 14.3 Å². The molecule has 1 heterocycles. The van der Waals surface area contributed by atoms with Gasteiger partial charge in [-0.1, -0.05) is 60.7 Å². The van der Waals surface area contributed by atoms with Crippen molar-refractivity contribution in [1.29, 1.82) is 0 Å². The number of benzene rings is 3. The van der Waals surface area contributed by atoms with Crippen LogP contribution in [0.25, 0.3) is 16.8 Å². The summed E-state index contributed by atoms with van der Waals surface area (Å²) in [5.41, 5.74) is 1.87. The average Bonchev–Trinajstić information content (AvgIpc) is 3.05. The number of ether oxygens (including phenoxy) is 1. The van der Waals surface area contributed by atoms with Crippen LogP contribution in [0.15, 0.2) is 76.6 Å². The number of carbonyl (C=O) groups is 2. The van der Waals surface area contributed by atoms with Gasteiger partial charge in [0.15, 0.2) is 5.17 Å². The van der Waals surface area contributed by atoms with Gasteiger partial charge in [0.25, 0.3) is 5.91 Å². The molecule has 0 aromatic heterocycles. The Kier molecular flexibility index (Phi) is 5.44. The number of carbonyl (C=O) groups excluding carboxylic acids is 2. The zero-order valence-corrected chi connectivity index (χ0v) is 16.5. The Labute approximate surface area is 172 Å². The van der Waals surface area contributed by atoms with Crippen LogP contribution in [0.1, 0.15) is 18.1 Å². The third-order valence-corrected chi connectivity index (χ3v) is 5.27. The number of nitrogens with one attached hydrogen (secondary N) is 1.